The van der Waals surface area contributed by atoms with Crippen molar-refractivity contribution in [3.05, 3.63) is 35.9 Å². The average molecular weight is 556 g/mol. The summed E-state index contributed by atoms with van der Waals surface area (Å²) in [6, 6.07) is 8.34. The normalized spacial score (nSPS) is 23.0. The van der Waals surface area contributed by atoms with Gasteiger partial charge in [-0.1, -0.05) is 30.3 Å². The third kappa shape index (κ3) is 6.65. The highest BCUT2D eigenvalue weighted by Crippen LogP contribution is 2.36. The Morgan fingerprint density at radius 1 is 1.02 bits per heavy atom. The first-order chi connectivity index (χ1) is 19.2. The zero-order valence-electron chi connectivity index (χ0n) is 23.2. The molecule has 40 heavy (non-hydrogen) atoms. The van der Waals surface area contributed by atoms with Crippen molar-refractivity contribution in [1.82, 2.24) is 24.5 Å². The molecule has 5 amide bonds. The van der Waals surface area contributed by atoms with Gasteiger partial charge in [-0.3, -0.25) is 10.2 Å². The Morgan fingerprint density at radius 2 is 1.70 bits per heavy atom. The van der Waals surface area contributed by atoms with E-state index < -0.39 is 29.9 Å². The number of urea groups is 2. The summed E-state index contributed by atoms with van der Waals surface area (Å²) < 4.78 is 0. The number of aryl methyl sites for hydroxylation is 1. The van der Waals surface area contributed by atoms with Gasteiger partial charge in [-0.25, -0.2) is 19.3 Å². The predicted octanol–water partition coefficient (Wildman–Crippen LogP) is 1.71. The van der Waals surface area contributed by atoms with Crippen LogP contribution in [-0.4, -0.2) is 118 Å². The Morgan fingerprint density at radius 3 is 2.35 bits per heavy atom. The van der Waals surface area contributed by atoms with Gasteiger partial charge in [0.05, 0.1) is 5.92 Å². The van der Waals surface area contributed by atoms with Crippen LogP contribution in [0, 0.1) is 17.2 Å². The SMILES string of the molecule is CN(CCCCc1ccccc1)C(=O)N1CCN(C(=O)N2C(=O)[C@H](CC3CCCN(C(=N)N)C3)[C@H]2C(=O)O)CC1. The van der Waals surface area contributed by atoms with Crippen molar-refractivity contribution in [3.63, 3.8) is 0 Å². The number of carboxylic acid groups (broad SMARTS) is 1. The molecule has 0 saturated carbocycles. The number of rotatable bonds is 8. The Hall–Kier alpha value is -3.83. The highest BCUT2D eigenvalue weighted by molar-refractivity contribution is 6.07. The van der Waals surface area contributed by atoms with Crippen LogP contribution in [0.4, 0.5) is 9.59 Å². The lowest BCUT2D eigenvalue weighted by Gasteiger charge is -2.47. The van der Waals surface area contributed by atoms with Gasteiger partial charge in [-0.05, 0) is 50.0 Å². The van der Waals surface area contributed by atoms with Crippen LogP contribution in [0.2, 0.25) is 0 Å². The number of unbranched alkanes of at least 4 members (excludes halogenated alkanes) is 1. The molecule has 12 nitrogen and oxygen atoms in total. The van der Waals surface area contributed by atoms with Crippen LogP contribution in [-0.2, 0) is 16.0 Å². The molecule has 1 aromatic carbocycles. The summed E-state index contributed by atoms with van der Waals surface area (Å²) in [5.41, 5.74) is 6.89. The van der Waals surface area contributed by atoms with Gasteiger partial charge in [0.2, 0.25) is 5.91 Å². The standard InChI is InChI=1S/C28H41N7O5/c1-31(12-6-5-10-20-8-3-2-4-9-20)27(39)32-14-16-33(17-15-32)28(40)35-23(25(37)38)22(24(35)36)18-21-11-7-13-34(19-21)26(29)30/h2-4,8-9,21-23H,5-7,10-19H2,1H3,(H3,29,30)(H,37,38)/t21?,22-,23+/m1/s1. The second-order valence-corrected chi connectivity index (χ2v) is 11.1. The van der Waals surface area contributed by atoms with Gasteiger partial charge < -0.3 is 30.4 Å². The number of nitrogens with zero attached hydrogens (tertiary/aromatic N) is 5. The van der Waals surface area contributed by atoms with Gasteiger partial charge in [0.1, 0.15) is 0 Å². The number of carbonyl (C=O) groups is 4. The summed E-state index contributed by atoms with van der Waals surface area (Å²) in [5.74, 6) is -2.42. The van der Waals surface area contributed by atoms with Crippen molar-refractivity contribution in [2.24, 2.45) is 17.6 Å². The summed E-state index contributed by atoms with van der Waals surface area (Å²) in [4.78, 5) is 58.6. The van der Waals surface area contributed by atoms with Gasteiger partial charge in [0.25, 0.3) is 0 Å². The number of hydrogen-bond donors (Lipinski definition) is 3. The summed E-state index contributed by atoms with van der Waals surface area (Å²) in [5, 5.41) is 17.5. The molecular formula is C28H41N7O5. The lowest BCUT2D eigenvalue weighted by Crippen LogP contribution is -2.70. The first kappa shape index (κ1) is 29.2. The molecule has 3 heterocycles. The fourth-order valence-electron chi connectivity index (χ4n) is 6.01. The summed E-state index contributed by atoms with van der Waals surface area (Å²) in [6.07, 6.45) is 4.83. The maximum atomic E-state index is 13.2. The van der Waals surface area contributed by atoms with Crippen molar-refractivity contribution in [2.45, 2.75) is 44.6 Å². The maximum absolute atomic E-state index is 13.2. The van der Waals surface area contributed by atoms with E-state index in [2.05, 4.69) is 12.1 Å². The van der Waals surface area contributed by atoms with Crippen molar-refractivity contribution in [2.75, 3.05) is 52.9 Å². The van der Waals surface area contributed by atoms with Crippen LogP contribution in [0.3, 0.4) is 0 Å². The van der Waals surface area contributed by atoms with E-state index in [0.717, 1.165) is 37.0 Å². The first-order valence-electron chi connectivity index (χ1n) is 14.1. The molecule has 3 fully saturated rings. The molecule has 0 spiro atoms. The molecule has 3 aliphatic rings. The van der Waals surface area contributed by atoms with E-state index in [1.54, 1.807) is 21.7 Å². The second kappa shape index (κ2) is 13.0. The quantitative estimate of drug-likeness (QED) is 0.191. The number of piperidine rings is 1. The molecule has 12 heteroatoms. The van der Waals surface area contributed by atoms with Gasteiger partial charge in [-0.2, -0.15) is 0 Å². The molecule has 3 saturated heterocycles. The molecule has 0 bridgehead atoms. The molecule has 4 N–H and O–H groups in total. The third-order valence-electron chi connectivity index (χ3n) is 8.32. The van der Waals surface area contributed by atoms with Crippen LogP contribution in [0.25, 0.3) is 0 Å². The lowest BCUT2D eigenvalue weighted by atomic mass is 9.78. The van der Waals surface area contributed by atoms with Crippen LogP contribution in [0.5, 0.6) is 0 Å². The van der Waals surface area contributed by atoms with Crippen molar-refractivity contribution >= 4 is 29.9 Å². The second-order valence-electron chi connectivity index (χ2n) is 11.1. The lowest BCUT2D eigenvalue weighted by molar-refractivity contribution is -0.167. The molecule has 3 aliphatic heterocycles. The molecule has 0 radical (unpaired) electrons. The highest BCUT2D eigenvalue weighted by Gasteiger charge is 2.56. The van der Waals surface area contributed by atoms with Gasteiger partial charge in [-0.15, -0.1) is 0 Å². The number of hydrogen-bond acceptors (Lipinski definition) is 5. The van der Waals surface area contributed by atoms with E-state index in [1.807, 2.05) is 18.2 Å². The zero-order valence-corrected chi connectivity index (χ0v) is 23.2. The molecule has 3 atom stereocenters. The third-order valence-corrected chi connectivity index (χ3v) is 8.32. The zero-order chi connectivity index (χ0) is 28.8. The minimum absolute atomic E-state index is 0.0249. The monoisotopic (exact) mass is 555 g/mol. The van der Waals surface area contributed by atoms with Crippen molar-refractivity contribution < 1.29 is 24.3 Å². The summed E-state index contributed by atoms with van der Waals surface area (Å²) in [7, 11) is 1.78. The summed E-state index contributed by atoms with van der Waals surface area (Å²) >= 11 is 0. The fourth-order valence-corrected chi connectivity index (χ4v) is 6.01. The van der Waals surface area contributed by atoms with Crippen molar-refractivity contribution in [1.29, 1.82) is 5.41 Å². The molecular weight excluding hydrogens is 514 g/mol. The number of β-lactam (4-membered cyclic amide) rings is 1. The molecule has 218 valence electrons. The number of nitrogens with one attached hydrogen (secondary N) is 1. The number of likely N-dealkylation sites (tertiary alicyclic amines) is 2. The molecule has 1 unspecified atom stereocenters. The van der Waals surface area contributed by atoms with E-state index in [9.17, 15) is 24.3 Å². The number of piperazine rings is 1. The number of amides is 5. The minimum Gasteiger partial charge on any atom is -0.480 e. The van der Waals surface area contributed by atoms with Gasteiger partial charge in [0.15, 0.2) is 12.0 Å². The van der Waals surface area contributed by atoms with E-state index in [1.165, 1.54) is 10.5 Å². The minimum atomic E-state index is -1.20. The summed E-state index contributed by atoms with van der Waals surface area (Å²) in [6.45, 7) is 2.95. The van der Waals surface area contributed by atoms with Crippen molar-refractivity contribution in [3.8, 4) is 0 Å². The Kier molecular flexibility index (Phi) is 9.49. The first-order valence-corrected chi connectivity index (χ1v) is 14.1. The number of imide groups is 1. The molecule has 4 rings (SSSR count). The number of carbonyl (C=O) groups excluding carboxylic acids is 3. The number of guanidine groups is 1. The van der Waals surface area contributed by atoms with E-state index >= 15 is 0 Å². The smallest absolute Gasteiger partial charge is 0.327 e. The Bertz CT molecular complexity index is 1090. The van der Waals surface area contributed by atoms with Gasteiger partial charge in [0, 0.05) is 52.9 Å². The Labute approximate surface area is 235 Å². The van der Waals surface area contributed by atoms with Crippen LogP contribution < -0.4 is 5.73 Å². The molecule has 0 aromatic heterocycles. The number of carboxylic acids is 1. The largest absolute Gasteiger partial charge is 0.480 e. The van der Waals surface area contributed by atoms with Crippen LogP contribution in [0.1, 0.15) is 37.7 Å². The van der Waals surface area contributed by atoms with E-state index in [4.69, 9.17) is 11.1 Å². The molecule has 1 aromatic rings. The van der Waals surface area contributed by atoms with Crippen LogP contribution >= 0.6 is 0 Å². The fraction of sp³-hybridized carbons (Fsp3) is 0.607. The molecule has 0 aliphatic carbocycles. The topological polar surface area (TPSA) is 155 Å². The average Bonchev–Trinajstić information content (AvgIpc) is 2.96. The number of nitrogens with two attached hydrogens (primary N) is 1. The van der Waals surface area contributed by atoms with Crippen LogP contribution in [0.15, 0.2) is 30.3 Å². The maximum Gasteiger partial charge on any atom is 0.327 e. The number of aliphatic carboxylic acids is 1. The highest BCUT2D eigenvalue weighted by atomic mass is 16.4. The van der Waals surface area contributed by atoms with E-state index in [0.29, 0.717) is 39.1 Å². The van der Waals surface area contributed by atoms with Gasteiger partial charge >= 0.3 is 18.0 Å². The number of benzene rings is 1. The van der Waals surface area contributed by atoms with E-state index in [-0.39, 0.29) is 31.0 Å². The Balaban J connectivity index is 1.23. The predicted molar refractivity (Wildman–Crippen MR) is 149 cm³/mol.